The number of nitrogens with zero attached hydrogens (tertiary/aromatic N) is 1. The normalized spacial score (nSPS) is 14.0. The number of hydrogen-bond acceptors (Lipinski definition) is 6. The molecular weight excluding hydrogens is 794 g/mol. The maximum atomic E-state index is 12.8. The Morgan fingerprint density at radius 1 is 0.500 bits per heavy atom. The van der Waals surface area contributed by atoms with Crippen LogP contribution in [0.4, 0.5) is 0 Å². The minimum Gasteiger partial charge on any atom is -0.457 e. The van der Waals surface area contributed by atoms with Crippen molar-refractivity contribution in [2.45, 2.75) is 232 Å². The lowest BCUT2D eigenvalue weighted by atomic mass is 10.1. The zero-order valence-corrected chi connectivity index (χ0v) is 42.3. The van der Waals surface area contributed by atoms with Gasteiger partial charge in [0.1, 0.15) is 19.3 Å². The van der Waals surface area contributed by atoms with E-state index >= 15 is 0 Å². The predicted octanol–water partition coefficient (Wildman–Crippen LogP) is 15.9. The highest BCUT2D eigenvalue weighted by Crippen LogP contribution is 2.43. The van der Waals surface area contributed by atoms with E-state index in [0.717, 1.165) is 51.4 Å². The molecule has 0 saturated carbocycles. The van der Waals surface area contributed by atoms with Gasteiger partial charge in [0.2, 0.25) is 0 Å². The number of ether oxygens (including phenoxy) is 2. The number of phosphoric acid groups is 1. The molecule has 0 amide bonds. The van der Waals surface area contributed by atoms with Crippen LogP contribution < -0.4 is 0 Å². The Balaban J connectivity index is 4.15. The summed E-state index contributed by atoms with van der Waals surface area (Å²) in [5, 5.41) is 0. The summed E-state index contributed by atoms with van der Waals surface area (Å²) < 4.78 is 35.2. The number of esters is 1. The van der Waals surface area contributed by atoms with Gasteiger partial charge < -0.3 is 18.9 Å². The van der Waals surface area contributed by atoms with E-state index < -0.39 is 13.9 Å². The van der Waals surface area contributed by atoms with Crippen LogP contribution in [0.2, 0.25) is 0 Å². The Morgan fingerprint density at radius 3 is 1.32 bits per heavy atom. The van der Waals surface area contributed by atoms with Crippen molar-refractivity contribution in [3.05, 3.63) is 48.6 Å². The maximum absolute atomic E-state index is 12.8. The van der Waals surface area contributed by atoms with Crippen molar-refractivity contribution in [3.8, 4) is 0 Å². The molecular formula is C53H101NO7P+. The summed E-state index contributed by atoms with van der Waals surface area (Å²) in [5.74, 6) is -0.321. The van der Waals surface area contributed by atoms with Crippen molar-refractivity contribution in [3.63, 3.8) is 0 Å². The fourth-order valence-corrected chi connectivity index (χ4v) is 7.83. The third kappa shape index (κ3) is 49.5. The summed E-state index contributed by atoms with van der Waals surface area (Å²) in [6.07, 6.45) is 57.2. The molecule has 0 saturated heterocycles. The smallest absolute Gasteiger partial charge is 0.457 e. The van der Waals surface area contributed by atoms with Crippen LogP contribution in [-0.2, 0) is 27.9 Å². The van der Waals surface area contributed by atoms with Crippen molar-refractivity contribution >= 4 is 13.8 Å². The highest BCUT2D eigenvalue weighted by atomic mass is 31.2. The van der Waals surface area contributed by atoms with Crippen LogP contribution in [-0.4, -0.2) is 75.6 Å². The predicted molar refractivity (Wildman–Crippen MR) is 266 cm³/mol. The number of rotatable bonds is 48. The molecule has 62 heavy (non-hydrogen) atoms. The highest BCUT2D eigenvalue weighted by Gasteiger charge is 2.26. The summed E-state index contributed by atoms with van der Waals surface area (Å²) >= 11 is 0. The number of phosphoric ester groups is 1. The van der Waals surface area contributed by atoms with Gasteiger partial charge in [-0.25, -0.2) is 4.57 Å². The lowest BCUT2D eigenvalue weighted by molar-refractivity contribution is -0.870. The average molecular weight is 895 g/mol. The molecule has 0 aliphatic rings. The van der Waals surface area contributed by atoms with Crippen LogP contribution in [0, 0.1) is 0 Å². The van der Waals surface area contributed by atoms with E-state index in [1.165, 1.54) is 154 Å². The molecule has 2 atom stereocenters. The molecule has 0 fully saturated rings. The van der Waals surface area contributed by atoms with E-state index in [9.17, 15) is 14.3 Å². The Bertz CT molecular complexity index is 1130. The van der Waals surface area contributed by atoms with Crippen molar-refractivity contribution in [1.82, 2.24) is 0 Å². The molecule has 0 aliphatic carbocycles. The Labute approximate surface area is 384 Å². The summed E-state index contributed by atoms with van der Waals surface area (Å²) in [5.41, 5.74) is 0. The van der Waals surface area contributed by atoms with Crippen molar-refractivity contribution in [1.29, 1.82) is 0 Å². The Hall–Kier alpha value is -1.54. The average Bonchev–Trinajstić information content (AvgIpc) is 3.23. The van der Waals surface area contributed by atoms with Crippen LogP contribution in [0.25, 0.3) is 0 Å². The van der Waals surface area contributed by atoms with E-state index in [1.54, 1.807) is 0 Å². The van der Waals surface area contributed by atoms with Crippen LogP contribution in [0.3, 0.4) is 0 Å². The van der Waals surface area contributed by atoms with Crippen molar-refractivity contribution in [2.24, 2.45) is 0 Å². The van der Waals surface area contributed by atoms with Gasteiger partial charge in [-0.2, -0.15) is 0 Å². The maximum Gasteiger partial charge on any atom is 0.472 e. The third-order valence-corrected chi connectivity index (χ3v) is 12.1. The molecule has 0 aliphatic heterocycles. The fourth-order valence-electron chi connectivity index (χ4n) is 7.08. The number of allylic oxidation sites excluding steroid dienone is 8. The standard InChI is InChI=1S/C53H100NO7P/c1-6-8-10-12-14-16-18-20-22-24-26-27-28-29-31-33-35-37-39-41-43-45-48-58-50-52(51-60-62(56,57)59-49-47-54(3,4)5)61-53(55)46-44-42-40-38-36-34-32-30-25-23-21-19-17-15-13-11-9-7-2/h17-20,23-26,52H,6-16,21-22,27-51H2,1-5H3/p+1/b19-17-,20-18-,25-23-,26-24-. The second-order valence-corrected chi connectivity index (χ2v) is 20.0. The van der Waals surface area contributed by atoms with Gasteiger partial charge in [0.25, 0.3) is 0 Å². The van der Waals surface area contributed by atoms with Crippen LogP contribution in [0.1, 0.15) is 226 Å². The van der Waals surface area contributed by atoms with Gasteiger partial charge in [-0.05, 0) is 77.0 Å². The first-order valence-corrected chi connectivity index (χ1v) is 27.4. The molecule has 0 spiro atoms. The SMILES string of the molecule is CCCCCC/C=C\C/C=C\CCCCCCCCCC(=O)OC(COCCCCCCCCCCCC/C=C\C/C=C\CCCCCCC)COP(=O)(O)OCC[N+](C)(C)C. The number of hydrogen-bond donors (Lipinski definition) is 1. The van der Waals surface area contributed by atoms with E-state index in [4.69, 9.17) is 18.5 Å². The van der Waals surface area contributed by atoms with Gasteiger partial charge in [-0.3, -0.25) is 13.8 Å². The van der Waals surface area contributed by atoms with Crippen LogP contribution in [0.5, 0.6) is 0 Å². The zero-order chi connectivity index (χ0) is 45.5. The molecule has 9 heteroatoms. The Morgan fingerprint density at radius 2 is 0.887 bits per heavy atom. The minimum absolute atomic E-state index is 0.0854. The van der Waals surface area contributed by atoms with Gasteiger partial charge in [-0.1, -0.05) is 191 Å². The number of likely N-dealkylation sites (N-methyl/N-ethyl adjacent to an activating group) is 1. The molecule has 8 nitrogen and oxygen atoms in total. The van der Waals surface area contributed by atoms with Gasteiger partial charge in [0.05, 0.1) is 34.4 Å². The summed E-state index contributed by atoms with van der Waals surface area (Å²) in [7, 11) is 1.66. The molecule has 0 aromatic heterocycles. The molecule has 0 heterocycles. The largest absolute Gasteiger partial charge is 0.472 e. The molecule has 0 radical (unpaired) electrons. The van der Waals surface area contributed by atoms with Crippen molar-refractivity contribution in [2.75, 3.05) is 54.1 Å². The molecule has 2 unspecified atom stereocenters. The Kier molecular flexibility index (Phi) is 44.9. The molecule has 0 bridgehead atoms. The third-order valence-electron chi connectivity index (χ3n) is 11.1. The number of quaternary nitrogens is 1. The number of unbranched alkanes of at least 4 members (excludes halogenated alkanes) is 26. The molecule has 1 N–H and O–H groups in total. The van der Waals surface area contributed by atoms with Crippen molar-refractivity contribution < 1.29 is 37.3 Å². The first-order chi connectivity index (χ1) is 30.1. The van der Waals surface area contributed by atoms with E-state index in [-0.39, 0.29) is 25.8 Å². The quantitative estimate of drug-likeness (QED) is 0.0214. The van der Waals surface area contributed by atoms with Gasteiger partial charge in [0.15, 0.2) is 0 Å². The van der Waals surface area contributed by atoms with E-state index in [2.05, 4.69) is 62.5 Å². The number of carbonyl (C=O) groups excluding carboxylic acids is 1. The number of carbonyl (C=O) groups is 1. The first kappa shape index (κ1) is 60.5. The zero-order valence-electron chi connectivity index (χ0n) is 41.4. The molecule has 364 valence electrons. The lowest BCUT2D eigenvalue weighted by Crippen LogP contribution is -2.37. The van der Waals surface area contributed by atoms with E-state index in [1.807, 2.05) is 21.1 Å². The van der Waals surface area contributed by atoms with E-state index in [0.29, 0.717) is 24.1 Å². The minimum atomic E-state index is -4.28. The lowest BCUT2D eigenvalue weighted by Gasteiger charge is -2.24. The molecule has 0 aromatic rings. The summed E-state index contributed by atoms with van der Waals surface area (Å²) in [4.78, 5) is 23.0. The van der Waals surface area contributed by atoms with Gasteiger partial charge >= 0.3 is 13.8 Å². The topological polar surface area (TPSA) is 91.3 Å². The van der Waals surface area contributed by atoms with Crippen LogP contribution in [0.15, 0.2) is 48.6 Å². The monoisotopic (exact) mass is 895 g/mol. The highest BCUT2D eigenvalue weighted by molar-refractivity contribution is 7.47. The summed E-state index contributed by atoms with van der Waals surface area (Å²) in [6.45, 7) is 5.60. The first-order valence-electron chi connectivity index (χ1n) is 25.9. The fraction of sp³-hybridized carbons (Fsp3) is 0.830. The second kappa shape index (κ2) is 46.0. The molecule has 0 aromatic carbocycles. The molecule has 0 rings (SSSR count). The van der Waals surface area contributed by atoms with Gasteiger partial charge in [0, 0.05) is 13.0 Å². The second-order valence-electron chi connectivity index (χ2n) is 18.5. The van der Waals surface area contributed by atoms with Gasteiger partial charge in [-0.15, -0.1) is 0 Å². The summed E-state index contributed by atoms with van der Waals surface area (Å²) in [6, 6.07) is 0. The van der Waals surface area contributed by atoms with Crippen LogP contribution >= 0.6 is 7.82 Å².